The molecule has 0 fully saturated rings. The lowest BCUT2D eigenvalue weighted by Gasteiger charge is -2.15. The van der Waals surface area contributed by atoms with Crippen LogP contribution in [0.1, 0.15) is 36.6 Å². The van der Waals surface area contributed by atoms with Gasteiger partial charge in [0.05, 0.1) is 22.4 Å². The maximum atomic E-state index is 14.0. The Morgan fingerprint density at radius 2 is 1.30 bits per heavy atom. The van der Waals surface area contributed by atoms with E-state index < -0.39 is 35.9 Å². The molecule has 0 saturated heterocycles. The number of rotatable bonds is 5. The quantitative estimate of drug-likeness (QED) is 0.524. The molecule has 1 aliphatic rings. The predicted molar refractivity (Wildman–Crippen MR) is 107 cm³/mol. The van der Waals surface area contributed by atoms with E-state index >= 15 is 0 Å². The van der Waals surface area contributed by atoms with E-state index in [0.717, 1.165) is 4.90 Å². The molecule has 30 heavy (non-hydrogen) atoms. The monoisotopic (exact) mass is 402 g/mol. The number of nitrogens with zero attached hydrogens (tertiary/aromatic N) is 1. The third-order valence-corrected chi connectivity index (χ3v) is 4.74. The second-order valence-corrected chi connectivity index (χ2v) is 6.64. The first-order valence-corrected chi connectivity index (χ1v) is 9.10. The zero-order valence-electron chi connectivity index (χ0n) is 15.6. The van der Waals surface area contributed by atoms with Crippen LogP contribution in [0.25, 0.3) is 0 Å². The number of carbonyl (C=O) groups is 4. The minimum absolute atomic E-state index is 0.0957. The topological polar surface area (TPSA) is 83.6 Å². The van der Waals surface area contributed by atoms with Gasteiger partial charge in [0.2, 0.25) is 5.91 Å². The molecule has 7 heteroatoms. The molecule has 1 aliphatic heterocycles. The van der Waals surface area contributed by atoms with Gasteiger partial charge in [-0.15, -0.1) is 0 Å². The molecule has 1 N–H and O–H groups in total. The minimum Gasteiger partial charge on any atom is -0.324 e. The van der Waals surface area contributed by atoms with Gasteiger partial charge >= 0.3 is 0 Å². The average molecular weight is 402 g/mol. The van der Waals surface area contributed by atoms with E-state index in [9.17, 15) is 23.6 Å². The first-order chi connectivity index (χ1) is 14.5. The number of halogens is 1. The van der Waals surface area contributed by atoms with Gasteiger partial charge in [-0.25, -0.2) is 4.39 Å². The van der Waals surface area contributed by atoms with Gasteiger partial charge in [0.1, 0.15) is 12.4 Å². The maximum absolute atomic E-state index is 14.0. The van der Waals surface area contributed by atoms with Crippen LogP contribution < -0.4 is 5.32 Å². The van der Waals surface area contributed by atoms with Crippen LogP contribution in [0.2, 0.25) is 0 Å². The normalized spacial score (nSPS) is 12.6. The van der Waals surface area contributed by atoms with Gasteiger partial charge in [0.25, 0.3) is 11.8 Å². The average Bonchev–Trinajstić information content (AvgIpc) is 2.99. The first-order valence-electron chi connectivity index (χ1n) is 9.10. The number of imide groups is 1. The summed E-state index contributed by atoms with van der Waals surface area (Å²) in [7, 11) is 0. The number of fused-ring (bicyclic) bond motifs is 1. The van der Waals surface area contributed by atoms with Crippen molar-refractivity contribution < 1.29 is 23.6 Å². The number of nitrogens with one attached hydrogen (secondary N) is 1. The van der Waals surface area contributed by atoms with E-state index in [1.54, 1.807) is 30.3 Å². The summed E-state index contributed by atoms with van der Waals surface area (Å²) >= 11 is 0. The first kappa shape index (κ1) is 19.2. The van der Waals surface area contributed by atoms with Gasteiger partial charge in [0.15, 0.2) is 5.78 Å². The van der Waals surface area contributed by atoms with E-state index in [1.165, 1.54) is 42.5 Å². The second kappa shape index (κ2) is 7.71. The van der Waals surface area contributed by atoms with E-state index in [2.05, 4.69) is 5.32 Å². The van der Waals surface area contributed by atoms with Crippen LogP contribution in [0, 0.1) is 5.82 Å². The van der Waals surface area contributed by atoms with Crippen molar-refractivity contribution in [1.29, 1.82) is 0 Å². The maximum Gasteiger partial charge on any atom is 0.262 e. The highest BCUT2D eigenvalue weighted by molar-refractivity contribution is 6.23. The molecule has 0 unspecified atom stereocenters. The van der Waals surface area contributed by atoms with Crippen molar-refractivity contribution >= 4 is 29.2 Å². The predicted octanol–water partition coefficient (Wildman–Crippen LogP) is 3.29. The van der Waals surface area contributed by atoms with Crippen LogP contribution >= 0.6 is 0 Å². The molecule has 0 aromatic heterocycles. The number of carbonyl (C=O) groups excluding carboxylic acids is 4. The lowest BCUT2D eigenvalue weighted by molar-refractivity contribution is -0.116. The molecule has 0 saturated carbocycles. The Labute approximate surface area is 170 Å². The Balaban J connectivity index is 1.54. The lowest BCUT2D eigenvalue weighted by Crippen LogP contribution is -2.37. The second-order valence-electron chi connectivity index (χ2n) is 6.64. The summed E-state index contributed by atoms with van der Waals surface area (Å²) in [6, 6.07) is 18.0. The summed E-state index contributed by atoms with van der Waals surface area (Å²) in [5, 5.41) is 2.55. The summed E-state index contributed by atoms with van der Waals surface area (Å²) in [4.78, 5) is 51.0. The molecular formula is C23H15FN2O4. The van der Waals surface area contributed by atoms with E-state index in [4.69, 9.17) is 0 Å². The number of benzene rings is 3. The molecule has 3 aromatic carbocycles. The van der Waals surface area contributed by atoms with Gasteiger partial charge in [-0.2, -0.15) is 0 Å². The highest BCUT2D eigenvalue weighted by Gasteiger charge is 2.36. The zero-order valence-corrected chi connectivity index (χ0v) is 15.6. The van der Waals surface area contributed by atoms with Gasteiger partial charge < -0.3 is 5.32 Å². The van der Waals surface area contributed by atoms with Crippen molar-refractivity contribution in [2.24, 2.45) is 0 Å². The fraction of sp³-hybridized carbons (Fsp3) is 0.0435. The fourth-order valence-corrected chi connectivity index (χ4v) is 3.30. The summed E-state index contributed by atoms with van der Waals surface area (Å²) in [5.41, 5.74) is 0.612. The number of anilines is 1. The number of ketones is 1. The molecule has 3 aromatic rings. The van der Waals surface area contributed by atoms with Crippen LogP contribution in [0.3, 0.4) is 0 Å². The number of hydrogen-bond acceptors (Lipinski definition) is 4. The van der Waals surface area contributed by atoms with Gasteiger partial charge in [-0.3, -0.25) is 24.1 Å². The standard InChI is InChI=1S/C23H15FN2O4/c24-18-11-5-3-9-16(18)21(28)17-10-4-6-12-19(17)25-20(27)13-26-22(29)14-7-1-2-8-15(14)23(26)30/h1-12H,13H2,(H,25,27). The minimum atomic E-state index is -0.672. The summed E-state index contributed by atoms with van der Waals surface area (Å²) < 4.78 is 14.0. The van der Waals surface area contributed by atoms with E-state index in [0.29, 0.717) is 0 Å². The molecule has 4 rings (SSSR count). The van der Waals surface area contributed by atoms with E-state index in [-0.39, 0.29) is 27.9 Å². The van der Waals surface area contributed by atoms with Crippen molar-refractivity contribution in [2.75, 3.05) is 11.9 Å². The third kappa shape index (κ3) is 3.37. The van der Waals surface area contributed by atoms with Crippen LogP contribution in [0.5, 0.6) is 0 Å². The summed E-state index contributed by atoms with van der Waals surface area (Å²) in [6.45, 7) is -0.505. The Morgan fingerprint density at radius 3 is 1.93 bits per heavy atom. The fourth-order valence-electron chi connectivity index (χ4n) is 3.30. The zero-order chi connectivity index (χ0) is 21.3. The Hall–Kier alpha value is -4.13. The van der Waals surface area contributed by atoms with Crippen LogP contribution in [0.15, 0.2) is 72.8 Å². The Bertz CT molecular complexity index is 1170. The molecule has 0 atom stereocenters. The Kier molecular flexibility index (Phi) is 4.93. The van der Waals surface area contributed by atoms with Crippen molar-refractivity contribution in [3.8, 4) is 0 Å². The molecule has 3 amide bonds. The highest BCUT2D eigenvalue weighted by atomic mass is 19.1. The SMILES string of the molecule is O=C(CN1C(=O)c2ccccc2C1=O)Nc1ccccc1C(=O)c1ccccc1F. The molecule has 0 radical (unpaired) electrons. The third-order valence-electron chi connectivity index (χ3n) is 4.74. The van der Waals surface area contributed by atoms with Gasteiger partial charge in [-0.1, -0.05) is 36.4 Å². The molecule has 0 spiro atoms. The largest absolute Gasteiger partial charge is 0.324 e. The highest BCUT2D eigenvalue weighted by Crippen LogP contribution is 2.23. The summed E-state index contributed by atoms with van der Waals surface area (Å²) in [6.07, 6.45) is 0. The molecule has 1 heterocycles. The van der Waals surface area contributed by atoms with Crippen LogP contribution in [-0.4, -0.2) is 34.9 Å². The number of para-hydroxylation sites is 1. The molecule has 6 nitrogen and oxygen atoms in total. The molecule has 0 aliphatic carbocycles. The molecule has 0 bridgehead atoms. The van der Waals surface area contributed by atoms with Crippen LogP contribution in [0.4, 0.5) is 10.1 Å². The molecule has 148 valence electrons. The van der Waals surface area contributed by atoms with E-state index in [1.807, 2.05) is 0 Å². The van der Waals surface area contributed by atoms with Crippen molar-refractivity contribution in [2.45, 2.75) is 0 Å². The lowest BCUT2D eigenvalue weighted by atomic mass is 10.0. The van der Waals surface area contributed by atoms with Crippen molar-refractivity contribution in [3.63, 3.8) is 0 Å². The van der Waals surface area contributed by atoms with Gasteiger partial charge in [-0.05, 0) is 36.4 Å². The number of hydrogen-bond donors (Lipinski definition) is 1. The molecular weight excluding hydrogens is 387 g/mol. The number of amides is 3. The Morgan fingerprint density at radius 1 is 0.767 bits per heavy atom. The van der Waals surface area contributed by atoms with Gasteiger partial charge in [0, 0.05) is 5.56 Å². The van der Waals surface area contributed by atoms with Crippen molar-refractivity contribution in [3.05, 3.63) is 101 Å². The van der Waals surface area contributed by atoms with Crippen LogP contribution in [-0.2, 0) is 4.79 Å². The smallest absolute Gasteiger partial charge is 0.262 e. The summed E-state index contributed by atoms with van der Waals surface area (Å²) in [5.74, 6) is -3.03. The van der Waals surface area contributed by atoms with Crippen molar-refractivity contribution in [1.82, 2.24) is 4.90 Å².